The standard InChI is InChI=1S/C22H32N4O2/c1-3-23-22(24-19-15-18(19)17-8-5-4-7-16(17)2)26-12-10-25(11-13-26)21(27)20-9-6-14-28-20/h4-5,7-8,18-20H,3,6,9-15H2,1-2H3,(H,23,24). The molecule has 28 heavy (non-hydrogen) atoms. The Morgan fingerprint density at radius 3 is 2.64 bits per heavy atom. The van der Waals surface area contributed by atoms with Crippen LogP contribution in [0.5, 0.6) is 0 Å². The summed E-state index contributed by atoms with van der Waals surface area (Å²) >= 11 is 0. The van der Waals surface area contributed by atoms with E-state index in [1.807, 2.05) is 4.90 Å². The lowest BCUT2D eigenvalue weighted by atomic mass is 10.0. The Kier molecular flexibility index (Phi) is 5.85. The van der Waals surface area contributed by atoms with Crippen molar-refractivity contribution >= 4 is 11.9 Å². The molecule has 2 aliphatic heterocycles. The van der Waals surface area contributed by atoms with Crippen LogP contribution in [0.15, 0.2) is 29.3 Å². The highest BCUT2D eigenvalue weighted by Crippen LogP contribution is 2.42. The van der Waals surface area contributed by atoms with Crippen molar-refractivity contribution in [1.82, 2.24) is 15.1 Å². The van der Waals surface area contributed by atoms with Crippen LogP contribution >= 0.6 is 0 Å². The molecule has 0 radical (unpaired) electrons. The summed E-state index contributed by atoms with van der Waals surface area (Å²) in [5.74, 6) is 1.74. The molecule has 1 aromatic rings. The molecule has 1 amide bonds. The maximum absolute atomic E-state index is 12.6. The smallest absolute Gasteiger partial charge is 0.251 e. The summed E-state index contributed by atoms with van der Waals surface area (Å²) in [6.45, 7) is 8.89. The number of aryl methyl sites for hydroxylation is 1. The van der Waals surface area contributed by atoms with Crippen LogP contribution in [0.1, 0.15) is 43.2 Å². The fourth-order valence-electron chi connectivity index (χ4n) is 4.37. The molecule has 3 atom stereocenters. The lowest BCUT2D eigenvalue weighted by Gasteiger charge is -2.37. The van der Waals surface area contributed by atoms with Crippen LogP contribution in [-0.2, 0) is 9.53 Å². The number of hydrogen-bond donors (Lipinski definition) is 1. The molecule has 1 saturated carbocycles. The summed E-state index contributed by atoms with van der Waals surface area (Å²) in [7, 11) is 0. The molecule has 0 aromatic heterocycles. The Hall–Kier alpha value is -2.08. The van der Waals surface area contributed by atoms with Gasteiger partial charge in [-0.05, 0) is 44.2 Å². The van der Waals surface area contributed by atoms with E-state index in [-0.39, 0.29) is 12.0 Å². The molecule has 3 fully saturated rings. The van der Waals surface area contributed by atoms with Gasteiger partial charge in [-0.2, -0.15) is 0 Å². The first-order valence-corrected chi connectivity index (χ1v) is 10.7. The molecule has 1 aromatic carbocycles. The molecule has 3 unspecified atom stereocenters. The number of nitrogens with one attached hydrogen (secondary N) is 1. The summed E-state index contributed by atoms with van der Waals surface area (Å²) < 4.78 is 5.56. The van der Waals surface area contributed by atoms with Crippen molar-refractivity contribution in [3.05, 3.63) is 35.4 Å². The second-order valence-corrected chi connectivity index (χ2v) is 8.06. The van der Waals surface area contributed by atoms with Crippen molar-refractivity contribution in [2.24, 2.45) is 4.99 Å². The van der Waals surface area contributed by atoms with Gasteiger partial charge in [0.1, 0.15) is 6.10 Å². The largest absolute Gasteiger partial charge is 0.368 e. The van der Waals surface area contributed by atoms with Gasteiger partial charge in [0.2, 0.25) is 0 Å². The lowest BCUT2D eigenvalue weighted by Crippen LogP contribution is -2.55. The molecule has 3 aliphatic rings. The number of carbonyl (C=O) groups is 1. The van der Waals surface area contributed by atoms with Gasteiger partial charge in [0.05, 0.1) is 0 Å². The summed E-state index contributed by atoms with van der Waals surface area (Å²) in [4.78, 5) is 21.6. The average molecular weight is 385 g/mol. The topological polar surface area (TPSA) is 57.2 Å². The van der Waals surface area contributed by atoms with Crippen LogP contribution in [-0.4, -0.2) is 73.1 Å². The van der Waals surface area contributed by atoms with Gasteiger partial charge in [-0.3, -0.25) is 9.79 Å². The van der Waals surface area contributed by atoms with Gasteiger partial charge < -0.3 is 19.9 Å². The van der Waals surface area contributed by atoms with Gasteiger partial charge in [-0.1, -0.05) is 24.3 Å². The zero-order valence-electron chi connectivity index (χ0n) is 17.1. The molecule has 1 N–H and O–H groups in total. The van der Waals surface area contributed by atoms with E-state index in [2.05, 4.69) is 48.3 Å². The van der Waals surface area contributed by atoms with E-state index in [1.165, 1.54) is 11.1 Å². The summed E-state index contributed by atoms with van der Waals surface area (Å²) in [5.41, 5.74) is 2.81. The van der Waals surface area contributed by atoms with Gasteiger partial charge in [-0.15, -0.1) is 0 Å². The first kappa shape index (κ1) is 19.2. The van der Waals surface area contributed by atoms with E-state index in [1.54, 1.807) is 0 Å². The third-order valence-corrected chi connectivity index (χ3v) is 6.10. The second kappa shape index (κ2) is 8.52. The molecule has 6 nitrogen and oxygen atoms in total. The quantitative estimate of drug-likeness (QED) is 0.638. The molecule has 6 heteroatoms. The highest BCUT2D eigenvalue weighted by molar-refractivity contribution is 5.83. The average Bonchev–Trinajstić information content (AvgIpc) is 3.25. The van der Waals surface area contributed by atoms with Crippen LogP contribution in [0.25, 0.3) is 0 Å². The molecule has 152 valence electrons. The normalized spacial score (nSPS) is 27.8. The highest BCUT2D eigenvalue weighted by Gasteiger charge is 2.40. The van der Waals surface area contributed by atoms with Gasteiger partial charge in [0, 0.05) is 51.3 Å². The van der Waals surface area contributed by atoms with Crippen molar-refractivity contribution in [2.45, 2.75) is 51.2 Å². The molecule has 0 bridgehead atoms. The van der Waals surface area contributed by atoms with E-state index in [0.717, 1.165) is 64.6 Å². The van der Waals surface area contributed by atoms with Crippen molar-refractivity contribution in [2.75, 3.05) is 39.3 Å². The molecule has 0 spiro atoms. The predicted molar refractivity (Wildman–Crippen MR) is 111 cm³/mol. The van der Waals surface area contributed by atoms with Crippen LogP contribution in [0.4, 0.5) is 0 Å². The number of carbonyl (C=O) groups excluding carboxylic acids is 1. The van der Waals surface area contributed by atoms with Crippen molar-refractivity contribution < 1.29 is 9.53 Å². The third-order valence-electron chi connectivity index (χ3n) is 6.10. The minimum Gasteiger partial charge on any atom is -0.368 e. The number of benzene rings is 1. The predicted octanol–water partition coefficient (Wildman–Crippen LogP) is 2.14. The monoisotopic (exact) mass is 384 g/mol. The number of amides is 1. The summed E-state index contributed by atoms with van der Waals surface area (Å²) in [6, 6.07) is 9.12. The Morgan fingerprint density at radius 1 is 1.21 bits per heavy atom. The molecular formula is C22H32N4O2. The fourth-order valence-corrected chi connectivity index (χ4v) is 4.37. The van der Waals surface area contributed by atoms with Gasteiger partial charge in [0.25, 0.3) is 5.91 Å². The molecular weight excluding hydrogens is 352 g/mol. The number of nitrogens with zero attached hydrogens (tertiary/aromatic N) is 3. The second-order valence-electron chi connectivity index (χ2n) is 8.06. The maximum Gasteiger partial charge on any atom is 0.251 e. The van der Waals surface area contributed by atoms with Crippen molar-refractivity contribution in [1.29, 1.82) is 0 Å². The third kappa shape index (κ3) is 4.17. The zero-order chi connectivity index (χ0) is 19.5. The molecule has 4 rings (SSSR count). The van der Waals surface area contributed by atoms with E-state index in [4.69, 9.17) is 9.73 Å². The number of ether oxygens (including phenoxy) is 1. The van der Waals surface area contributed by atoms with Gasteiger partial charge in [-0.25, -0.2) is 0 Å². The van der Waals surface area contributed by atoms with E-state index in [9.17, 15) is 4.79 Å². The van der Waals surface area contributed by atoms with E-state index >= 15 is 0 Å². The zero-order valence-corrected chi connectivity index (χ0v) is 17.1. The maximum atomic E-state index is 12.6. The van der Waals surface area contributed by atoms with Crippen molar-refractivity contribution in [3.63, 3.8) is 0 Å². The lowest BCUT2D eigenvalue weighted by molar-refractivity contribution is -0.142. The fraction of sp³-hybridized carbons (Fsp3) is 0.636. The minimum absolute atomic E-state index is 0.167. The van der Waals surface area contributed by atoms with Crippen LogP contribution in [0.3, 0.4) is 0 Å². The number of hydrogen-bond acceptors (Lipinski definition) is 3. The molecule has 1 aliphatic carbocycles. The SMILES string of the molecule is CCN=C(NC1CC1c1ccccc1C)N1CCN(C(=O)C2CCCO2)CC1. The van der Waals surface area contributed by atoms with Crippen LogP contribution in [0.2, 0.25) is 0 Å². The molecule has 2 heterocycles. The Labute approximate surface area is 167 Å². The number of aliphatic imine (C=N–C) groups is 1. The van der Waals surface area contributed by atoms with Crippen LogP contribution < -0.4 is 5.32 Å². The summed E-state index contributed by atoms with van der Waals surface area (Å²) in [5, 5.41) is 3.68. The van der Waals surface area contributed by atoms with E-state index < -0.39 is 0 Å². The van der Waals surface area contributed by atoms with Crippen LogP contribution in [0, 0.1) is 6.92 Å². The Bertz CT molecular complexity index is 721. The van der Waals surface area contributed by atoms with Gasteiger partial charge >= 0.3 is 0 Å². The Balaban J connectivity index is 1.32. The minimum atomic E-state index is -0.213. The highest BCUT2D eigenvalue weighted by atomic mass is 16.5. The Morgan fingerprint density at radius 2 is 1.96 bits per heavy atom. The first-order chi connectivity index (χ1) is 13.7. The van der Waals surface area contributed by atoms with Crippen molar-refractivity contribution in [3.8, 4) is 0 Å². The number of piperazine rings is 1. The molecule has 2 saturated heterocycles. The number of rotatable bonds is 4. The van der Waals surface area contributed by atoms with E-state index in [0.29, 0.717) is 12.0 Å². The summed E-state index contributed by atoms with van der Waals surface area (Å²) in [6.07, 6.45) is 2.81. The number of guanidine groups is 1. The first-order valence-electron chi connectivity index (χ1n) is 10.7. The van der Waals surface area contributed by atoms with Gasteiger partial charge in [0.15, 0.2) is 5.96 Å².